The lowest BCUT2D eigenvalue weighted by atomic mass is 10.4. The van der Waals surface area contributed by atoms with Gasteiger partial charge >= 0.3 is 0 Å². The summed E-state index contributed by atoms with van der Waals surface area (Å²) in [5.74, 6) is 0.490. The molecule has 1 aromatic rings. The van der Waals surface area contributed by atoms with Crippen LogP contribution in [0.5, 0.6) is 0 Å². The molecule has 0 unspecified atom stereocenters. The molecule has 0 amide bonds. The maximum absolute atomic E-state index is 11.8. The predicted octanol–water partition coefficient (Wildman–Crippen LogP) is 2.02. The van der Waals surface area contributed by atoms with E-state index in [1.54, 1.807) is 0 Å². The highest BCUT2D eigenvalue weighted by molar-refractivity contribution is 7.92. The van der Waals surface area contributed by atoms with E-state index in [1.807, 2.05) is 6.92 Å². The minimum Gasteiger partial charge on any atom is -0.313 e. The van der Waals surface area contributed by atoms with Crippen LogP contribution >= 0.6 is 11.6 Å². The Balaban J connectivity index is 2.76. The lowest BCUT2D eigenvalue weighted by molar-refractivity contribution is 0.597. The topological polar surface area (TPSA) is 68.2 Å². The first kappa shape index (κ1) is 16.0. The van der Waals surface area contributed by atoms with Crippen LogP contribution < -0.4 is 10.3 Å². The van der Waals surface area contributed by atoms with Crippen molar-refractivity contribution in [3.63, 3.8) is 0 Å². The number of halogens is 1. The summed E-state index contributed by atoms with van der Waals surface area (Å²) in [6.45, 7) is 2.52. The second-order valence-electron chi connectivity index (χ2n) is 4.27. The number of aromatic nitrogens is 1. The molecule has 0 aliphatic carbocycles. The predicted molar refractivity (Wildman–Crippen MR) is 78.4 cm³/mol. The Morgan fingerprint density at radius 3 is 2.68 bits per heavy atom. The van der Waals surface area contributed by atoms with Crippen LogP contribution in [0.2, 0.25) is 0 Å². The summed E-state index contributed by atoms with van der Waals surface area (Å²) < 4.78 is 27.5. The monoisotopic (exact) mass is 306 g/mol. The average molecular weight is 307 g/mol. The van der Waals surface area contributed by atoms with E-state index in [0.29, 0.717) is 31.0 Å². The third kappa shape index (κ3) is 5.65. The van der Waals surface area contributed by atoms with Gasteiger partial charge in [-0.1, -0.05) is 6.92 Å². The Labute approximate surface area is 118 Å². The number of aryl methyl sites for hydroxylation is 1. The molecule has 1 aromatic heterocycles. The van der Waals surface area contributed by atoms with Crippen molar-refractivity contribution in [1.82, 2.24) is 4.57 Å². The number of nitrogens with one attached hydrogen (secondary N) is 1. The highest BCUT2D eigenvalue weighted by atomic mass is 35.5. The lowest BCUT2D eigenvalue weighted by Crippen LogP contribution is -2.21. The number of anilines is 1. The van der Waals surface area contributed by atoms with Crippen molar-refractivity contribution in [2.45, 2.75) is 32.7 Å². The molecule has 19 heavy (non-hydrogen) atoms. The smallest absolute Gasteiger partial charge is 0.250 e. The molecule has 0 aliphatic rings. The molecule has 0 spiro atoms. The molecular formula is C12H19ClN2O3S. The SMILES string of the molecule is CCCn1cc(NS(=O)(=O)CCCCCl)ccc1=O. The van der Waals surface area contributed by atoms with Crippen molar-refractivity contribution < 1.29 is 8.42 Å². The van der Waals surface area contributed by atoms with E-state index in [-0.39, 0.29) is 11.3 Å². The van der Waals surface area contributed by atoms with Crippen LogP contribution in [-0.2, 0) is 16.6 Å². The van der Waals surface area contributed by atoms with Gasteiger partial charge in [0.05, 0.1) is 11.4 Å². The van der Waals surface area contributed by atoms with E-state index in [4.69, 9.17) is 11.6 Å². The molecule has 0 saturated heterocycles. The number of rotatable bonds is 8. The molecule has 7 heteroatoms. The molecule has 1 rings (SSSR count). The van der Waals surface area contributed by atoms with Gasteiger partial charge in [0.15, 0.2) is 0 Å². The van der Waals surface area contributed by atoms with Crippen LogP contribution in [0.3, 0.4) is 0 Å². The molecule has 108 valence electrons. The molecule has 0 aromatic carbocycles. The molecule has 0 fully saturated rings. The number of alkyl halides is 1. The molecule has 0 aliphatic heterocycles. The maximum atomic E-state index is 11.8. The Bertz CT molecular complexity index is 554. The van der Waals surface area contributed by atoms with E-state index in [9.17, 15) is 13.2 Å². The van der Waals surface area contributed by atoms with Crippen LogP contribution in [0.15, 0.2) is 23.1 Å². The average Bonchev–Trinajstić information content (AvgIpc) is 2.33. The normalized spacial score (nSPS) is 11.5. The molecule has 0 saturated carbocycles. The summed E-state index contributed by atoms with van der Waals surface area (Å²) in [5, 5.41) is 0. The molecule has 0 radical (unpaired) electrons. The number of sulfonamides is 1. The zero-order chi connectivity index (χ0) is 14.3. The molecule has 1 N–H and O–H groups in total. The van der Waals surface area contributed by atoms with Crippen molar-refractivity contribution >= 4 is 27.3 Å². The van der Waals surface area contributed by atoms with Crippen LogP contribution in [0.4, 0.5) is 5.69 Å². The second kappa shape index (κ2) is 7.55. The van der Waals surface area contributed by atoms with Gasteiger partial charge in [-0.3, -0.25) is 9.52 Å². The van der Waals surface area contributed by atoms with Gasteiger partial charge in [0.2, 0.25) is 10.0 Å². The molecule has 5 nitrogen and oxygen atoms in total. The van der Waals surface area contributed by atoms with Gasteiger partial charge in [-0.15, -0.1) is 11.6 Å². The Hall–Kier alpha value is -1.01. The fraction of sp³-hybridized carbons (Fsp3) is 0.583. The number of nitrogens with zero attached hydrogens (tertiary/aromatic N) is 1. The van der Waals surface area contributed by atoms with Gasteiger partial charge in [0.1, 0.15) is 0 Å². The largest absolute Gasteiger partial charge is 0.313 e. The van der Waals surface area contributed by atoms with Crippen molar-refractivity contribution in [3.8, 4) is 0 Å². The zero-order valence-electron chi connectivity index (χ0n) is 10.9. The van der Waals surface area contributed by atoms with Crippen LogP contribution in [0.25, 0.3) is 0 Å². The number of pyridine rings is 1. The van der Waals surface area contributed by atoms with Gasteiger partial charge < -0.3 is 4.57 Å². The summed E-state index contributed by atoms with van der Waals surface area (Å²) in [4.78, 5) is 11.5. The summed E-state index contributed by atoms with van der Waals surface area (Å²) in [5.41, 5.74) is 0.283. The third-order valence-corrected chi connectivity index (χ3v) is 4.16. The number of hydrogen-bond acceptors (Lipinski definition) is 3. The highest BCUT2D eigenvalue weighted by Crippen LogP contribution is 2.08. The second-order valence-corrected chi connectivity index (χ2v) is 6.49. The summed E-state index contributed by atoms with van der Waals surface area (Å²) in [6.07, 6.45) is 3.53. The Kier molecular flexibility index (Phi) is 6.37. The standard InChI is InChI=1S/C12H19ClN2O3S/c1-2-8-15-10-11(5-6-12(15)16)14-19(17,18)9-4-3-7-13/h5-6,10,14H,2-4,7-9H2,1H3. The van der Waals surface area contributed by atoms with E-state index >= 15 is 0 Å². The van der Waals surface area contributed by atoms with Crippen molar-refractivity contribution in [2.24, 2.45) is 0 Å². The summed E-state index contributed by atoms with van der Waals surface area (Å²) in [7, 11) is -3.38. The minimum absolute atomic E-state index is 0.0343. The third-order valence-electron chi connectivity index (χ3n) is 2.52. The summed E-state index contributed by atoms with van der Waals surface area (Å²) in [6, 6.07) is 2.85. The minimum atomic E-state index is -3.38. The fourth-order valence-electron chi connectivity index (χ4n) is 1.62. The Morgan fingerprint density at radius 2 is 2.05 bits per heavy atom. The Morgan fingerprint density at radius 1 is 1.32 bits per heavy atom. The van der Waals surface area contributed by atoms with Crippen molar-refractivity contribution in [2.75, 3.05) is 16.4 Å². The molecule has 0 bridgehead atoms. The summed E-state index contributed by atoms with van der Waals surface area (Å²) >= 11 is 5.51. The van der Waals surface area contributed by atoms with Gasteiger partial charge in [-0.25, -0.2) is 8.42 Å². The van der Waals surface area contributed by atoms with Crippen LogP contribution in [0.1, 0.15) is 26.2 Å². The van der Waals surface area contributed by atoms with E-state index in [1.165, 1.54) is 22.9 Å². The highest BCUT2D eigenvalue weighted by Gasteiger charge is 2.10. The van der Waals surface area contributed by atoms with Crippen LogP contribution in [-0.4, -0.2) is 24.6 Å². The van der Waals surface area contributed by atoms with Crippen LogP contribution in [0, 0.1) is 0 Å². The first-order valence-electron chi connectivity index (χ1n) is 6.25. The zero-order valence-corrected chi connectivity index (χ0v) is 12.5. The van der Waals surface area contributed by atoms with Crippen molar-refractivity contribution in [3.05, 3.63) is 28.7 Å². The quantitative estimate of drug-likeness (QED) is 0.590. The maximum Gasteiger partial charge on any atom is 0.250 e. The van der Waals surface area contributed by atoms with Gasteiger partial charge in [0, 0.05) is 24.7 Å². The number of unbranched alkanes of at least 4 members (excludes halogenated alkanes) is 1. The number of hydrogen-bond donors (Lipinski definition) is 1. The first-order valence-corrected chi connectivity index (χ1v) is 8.44. The molecule has 0 atom stereocenters. The molecule has 1 heterocycles. The van der Waals surface area contributed by atoms with Gasteiger partial charge in [-0.2, -0.15) is 0 Å². The first-order chi connectivity index (χ1) is 8.98. The lowest BCUT2D eigenvalue weighted by Gasteiger charge is -2.10. The van der Waals surface area contributed by atoms with E-state index in [0.717, 1.165) is 6.42 Å². The van der Waals surface area contributed by atoms with Gasteiger partial charge in [0.25, 0.3) is 5.56 Å². The van der Waals surface area contributed by atoms with Crippen molar-refractivity contribution in [1.29, 1.82) is 0 Å². The van der Waals surface area contributed by atoms with E-state index in [2.05, 4.69) is 4.72 Å². The molecular weight excluding hydrogens is 288 g/mol. The fourth-order valence-corrected chi connectivity index (χ4v) is 2.98. The van der Waals surface area contributed by atoms with Gasteiger partial charge in [-0.05, 0) is 25.3 Å². The van der Waals surface area contributed by atoms with E-state index < -0.39 is 10.0 Å².